The number of imide groups is 1. The summed E-state index contributed by atoms with van der Waals surface area (Å²) in [5.41, 5.74) is 0.893. The van der Waals surface area contributed by atoms with Crippen LogP contribution in [0.5, 0.6) is 11.5 Å². The number of hydrogen-bond donors (Lipinski definition) is 1. The number of carboxylic acid groups (broad SMARTS) is 1. The van der Waals surface area contributed by atoms with Gasteiger partial charge in [-0.3, -0.25) is 9.59 Å². The van der Waals surface area contributed by atoms with Crippen molar-refractivity contribution >= 4 is 63.8 Å². The van der Waals surface area contributed by atoms with Crippen LogP contribution < -0.4 is 14.4 Å². The Labute approximate surface area is 179 Å². The molecule has 1 N–H and O–H groups in total. The molecule has 2 amide bonds. The SMILES string of the molecule is COc1cc(/C=C2\SC(=O)N(c3ccc(Cl)cc3)C2=O)cc(Cl)c1OCC(=O)O. The van der Waals surface area contributed by atoms with Crippen molar-refractivity contribution < 1.29 is 29.0 Å². The third-order valence-electron chi connectivity index (χ3n) is 3.77. The number of thioether (sulfide) groups is 1. The van der Waals surface area contributed by atoms with Gasteiger partial charge in [0.15, 0.2) is 18.1 Å². The lowest BCUT2D eigenvalue weighted by atomic mass is 10.1. The highest BCUT2D eigenvalue weighted by Crippen LogP contribution is 2.40. The van der Waals surface area contributed by atoms with Crippen molar-refractivity contribution in [2.24, 2.45) is 0 Å². The zero-order valence-electron chi connectivity index (χ0n) is 14.8. The number of methoxy groups -OCH3 is 1. The second-order valence-corrected chi connectivity index (χ2v) is 7.55. The molecule has 0 atom stereocenters. The van der Waals surface area contributed by atoms with Crippen LogP contribution in [0.2, 0.25) is 10.0 Å². The summed E-state index contributed by atoms with van der Waals surface area (Å²) in [6, 6.07) is 9.34. The molecule has 1 saturated heterocycles. The summed E-state index contributed by atoms with van der Waals surface area (Å²) in [5.74, 6) is -1.38. The number of hydrogen-bond acceptors (Lipinski definition) is 6. The van der Waals surface area contributed by atoms with Crippen LogP contribution in [0.3, 0.4) is 0 Å². The number of rotatable bonds is 6. The van der Waals surface area contributed by atoms with Gasteiger partial charge in [-0.05, 0) is 59.8 Å². The van der Waals surface area contributed by atoms with Gasteiger partial charge in [0.1, 0.15) is 0 Å². The highest BCUT2D eigenvalue weighted by molar-refractivity contribution is 8.19. The van der Waals surface area contributed by atoms with Crippen LogP contribution in [0, 0.1) is 0 Å². The third-order valence-corrected chi connectivity index (χ3v) is 5.17. The Bertz CT molecular complexity index is 1020. The molecule has 0 aliphatic carbocycles. The van der Waals surface area contributed by atoms with Crippen molar-refractivity contribution in [2.45, 2.75) is 0 Å². The molecular weight excluding hydrogens is 441 g/mol. The Morgan fingerprint density at radius 3 is 2.52 bits per heavy atom. The molecule has 0 aromatic heterocycles. The Hall–Kier alpha value is -2.68. The molecule has 29 heavy (non-hydrogen) atoms. The van der Waals surface area contributed by atoms with Gasteiger partial charge in [0.2, 0.25) is 0 Å². The van der Waals surface area contributed by atoms with E-state index < -0.39 is 23.7 Å². The van der Waals surface area contributed by atoms with E-state index in [-0.39, 0.29) is 21.4 Å². The molecule has 0 bridgehead atoms. The number of nitrogens with zero attached hydrogens (tertiary/aromatic N) is 1. The molecule has 3 rings (SSSR count). The second kappa shape index (κ2) is 8.77. The van der Waals surface area contributed by atoms with E-state index in [1.54, 1.807) is 24.3 Å². The highest BCUT2D eigenvalue weighted by Gasteiger charge is 2.36. The predicted molar refractivity (Wildman–Crippen MR) is 111 cm³/mol. The number of aliphatic carboxylic acids is 1. The van der Waals surface area contributed by atoms with Gasteiger partial charge in [0, 0.05) is 5.02 Å². The minimum atomic E-state index is -1.16. The first-order valence-electron chi connectivity index (χ1n) is 8.06. The van der Waals surface area contributed by atoms with E-state index in [0.29, 0.717) is 16.3 Å². The Balaban J connectivity index is 1.90. The van der Waals surface area contributed by atoms with Crippen molar-refractivity contribution in [3.63, 3.8) is 0 Å². The quantitative estimate of drug-likeness (QED) is 0.632. The zero-order valence-corrected chi connectivity index (χ0v) is 17.2. The highest BCUT2D eigenvalue weighted by atomic mass is 35.5. The van der Waals surface area contributed by atoms with Crippen molar-refractivity contribution in [1.29, 1.82) is 0 Å². The third kappa shape index (κ3) is 4.67. The number of anilines is 1. The van der Waals surface area contributed by atoms with Gasteiger partial charge >= 0.3 is 5.97 Å². The lowest BCUT2D eigenvalue weighted by molar-refractivity contribution is -0.139. The molecule has 0 spiro atoms. The van der Waals surface area contributed by atoms with Crippen molar-refractivity contribution in [1.82, 2.24) is 0 Å². The van der Waals surface area contributed by atoms with Crippen molar-refractivity contribution in [3.8, 4) is 11.5 Å². The fraction of sp³-hybridized carbons (Fsp3) is 0.105. The van der Waals surface area contributed by atoms with Gasteiger partial charge in [-0.2, -0.15) is 0 Å². The molecule has 1 fully saturated rings. The van der Waals surface area contributed by atoms with E-state index >= 15 is 0 Å². The number of amides is 2. The van der Waals surface area contributed by atoms with Gasteiger partial charge in [-0.15, -0.1) is 0 Å². The first kappa shape index (κ1) is 21.0. The Morgan fingerprint density at radius 2 is 1.90 bits per heavy atom. The van der Waals surface area contributed by atoms with E-state index in [2.05, 4.69) is 0 Å². The second-order valence-electron chi connectivity index (χ2n) is 5.71. The standard InChI is InChI=1S/C19H13Cl2NO6S/c1-27-14-7-10(6-13(21)17(14)28-9-16(23)24)8-15-18(25)22(19(26)29-15)12-4-2-11(20)3-5-12/h2-8H,9H2,1H3,(H,23,24)/b15-8-. The summed E-state index contributed by atoms with van der Waals surface area (Å²) in [7, 11) is 1.37. The number of ether oxygens (including phenoxy) is 2. The van der Waals surface area contributed by atoms with E-state index in [1.165, 1.54) is 25.3 Å². The van der Waals surface area contributed by atoms with Crippen LogP contribution in [-0.2, 0) is 9.59 Å². The van der Waals surface area contributed by atoms with Crippen LogP contribution in [0.4, 0.5) is 10.5 Å². The Morgan fingerprint density at radius 1 is 1.21 bits per heavy atom. The number of halogens is 2. The summed E-state index contributed by atoms with van der Waals surface area (Å²) in [5, 5.41) is 8.91. The van der Waals surface area contributed by atoms with Crippen LogP contribution in [0.1, 0.15) is 5.56 Å². The summed E-state index contributed by atoms with van der Waals surface area (Å²) in [6.45, 7) is -0.588. The molecule has 2 aromatic rings. The first-order valence-corrected chi connectivity index (χ1v) is 9.63. The van der Waals surface area contributed by atoms with Crippen LogP contribution >= 0.6 is 35.0 Å². The largest absolute Gasteiger partial charge is 0.493 e. The molecule has 0 radical (unpaired) electrons. The van der Waals surface area contributed by atoms with Crippen LogP contribution in [0.25, 0.3) is 6.08 Å². The topological polar surface area (TPSA) is 93.1 Å². The molecule has 0 saturated carbocycles. The molecule has 7 nitrogen and oxygen atoms in total. The minimum absolute atomic E-state index is 0.0722. The monoisotopic (exact) mass is 453 g/mol. The molecule has 2 aromatic carbocycles. The normalized spacial score (nSPS) is 15.1. The molecule has 1 heterocycles. The van der Waals surface area contributed by atoms with E-state index in [9.17, 15) is 14.4 Å². The summed E-state index contributed by atoms with van der Waals surface area (Å²) in [4.78, 5) is 37.0. The zero-order chi connectivity index (χ0) is 21.1. The first-order chi connectivity index (χ1) is 13.8. The predicted octanol–water partition coefficient (Wildman–Crippen LogP) is 4.71. The maximum atomic E-state index is 12.7. The molecular formula is C19H13Cl2NO6S. The van der Waals surface area contributed by atoms with Gasteiger partial charge in [-0.25, -0.2) is 9.69 Å². The minimum Gasteiger partial charge on any atom is -0.493 e. The van der Waals surface area contributed by atoms with E-state index in [4.69, 9.17) is 37.8 Å². The number of carbonyl (C=O) groups is 3. The fourth-order valence-electron chi connectivity index (χ4n) is 2.53. The molecule has 1 aliphatic heterocycles. The fourth-order valence-corrected chi connectivity index (χ4v) is 3.77. The molecule has 1 aliphatic rings. The van der Waals surface area contributed by atoms with E-state index in [0.717, 1.165) is 16.7 Å². The number of carbonyl (C=O) groups excluding carboxylic acids is 2. The maximum absolute atomic E-state index is 12.7. The maximum Gasteiger partial charge on any atom is 0.341 e. The lowest BCUT2D eigenvalue weighted by Gasteiger charge is -2.13. The average molecular weight is 454 g/mol. The summed E-state index contributed by atoms with van der Waals surface area (Å²) in [6.07, 6.45) is 1.50. The van der Waals surface area contributed by atoms with Gasteiger partial charge < -0.3 is 14.6 Å². The van der Waals surface area contributed by atoms with Crippen molar-refractivity contribution in [2.75, 3.05) is 18.6 Å². The average Bonchev–Trinajstić information content (AvgIpc) is 2.94. The molecule has 0 unspecified atom stereocenters. The smallest absolute Gasteiger partial charge is 0.341 e. The number of benzene rings is 2. The molecule has 10 heteroatoms. The van der Waals surface area contributed by atoms with E-state index in [1.807, 2.05) is 0 Å². The summed E-state index contributed by atoms with van der Waals surface area (Å²) >= 11 is 12.8. The number of carboxylic acids is 1. The van der Waals surface area contributed by atoms with Crippen molar-refractivity contribution in [3.05, 3.63) is 56.9 Å². The van der Waals surface area contributed by atoms with Gasteiger partial charge in [-0.1, -0.05) is 23.2 Å². The van der Waals surface area contributed by atoms with Crippen LogP contribution in [0.15, 0.2) is 41.3 Å². The van der Waals surface area contributed by atoms with Crippen LogP contribution in [-0.4, -0.2) is 35.9 Å². The van der Waals surface area contributed by atoms with Gasteiger partial charge in [0.05, 0.1) is 22.7 Å². The lowest BCUT2D eigenvalue weighted by Crippen LogP contribution is -2.27. The molecule has 150 valence electrons. The Kier molecular flexibility index (Phi) is 6.36. The van der Waals surface area contributed by atoms with Gasteiger partial charge in [0.25, 0.3) is 11.1 Å². The summed E-state index contributed by atoms with van der Waals surface area (Å²) < 4.78 is 10.3.